The standard InChI is InChI=1S/C24H19ClN2O3/c1-15-8-9-17(25)14-20(15)26-22-21(16-6-4-3-5-7-16)23(28)27(24(22)29)18-10-12-19(30-2)13-11-18/h3-14,26H,1-2H3. The van der Waals surface area contributed by atoms with Crippen LogP contribution in [0.1, 0.15) is 11.1 Å². The van der Waals surface area contributed by atoms with Gasteiger partial charge in [-0.3, -0.25) is 9.59 Å². The first-order valence-electron chi connectivity index (χ1n) is 9.35. The molecular formula is C24H19ClN2O3. The van der Waals surface area contributed by atoms with E-state index in [1.54, 1.807) is 43.5 Å². The van der Waals surface area contributed by atoms with Gasteiger partial charge in [-0.15, -0.1) is 0 Å². The Morgan fingerprint density at radius 3 is 2.27 bits per heavy atom. The smallest absolute Gasteiger partial charge is 0.282 e. The van der Waals surface area contributed by atoms with Crippen molar-refractivity contribution in [2.75, 3.05) is 17.3 Å². The second kappa shape index (κ2) is 8.05. The predicted octanol–water partition coefficient (Wildman–Crippen LogP) is 5.05. The summed E-state index contributed by atoms with van der Waals surface area (Å²) in [5, 5.41) is 3.70. The van der Waals surface area contributed by atoms with Crippen LogP contribution in [0.3, 0.4) is 0 Å². The van der Waals surface area contributed by atoms with Crippen molar-refractivity contribution in [3.8, 4) is 5.75 Å². The van der Waals surface area contributed by atoms with Crippen molar-refractivity contribution in [3.05, 3.63) is 94.6 Å². The number of methoxy groups -OCH3 is 1. The van der Waals surface area contributed by atoms with Crippen molar-refractivity contribution in [2.24, 2.45) is 0 Å². The fourth-order valence-corrected chi connectivity index (χ4v) is 3.52. The lowest BCUT2D eigenvalue weighted by Gasteiger charge is -2.16. The molecule has 0 aromatic heterocycles. The van der Waals surface area contributed by atoms with E-state index in [2.05, 4.69) is 5.32 Å². The van der Waals surface area contributed by atoms with E-state index in [1.165, 1.54) is 4.90 Å². The van der Waals surface area contributed by atoms with Gasteiger partial charge in [0.2, 0.25) is 0 Å². The zero-order chi connectivity index (χ0) is 21.3. The molecule has 1 aliphatic heterocycles. The summed E-state index contributed by atoms with van der Waals surface area (Å²) in [6, 6.07) is 21.3. The zero-order valence-electron chi connectivity index (χ0n) is 16.5. The molecule has 1 N–H and O–H groups in total. The number of carbonyl (C=O) groups excluding carboxylic acids is 2. The zero-order valence-corrected chi connectivity index (χ0v) is 17.2. The highest BCUT2D eigenvalue weighted by Crippen LogP contribution is 2.35. The largest absolute Gasteiger partial charge is 0.497 e. The van der Waals surface area contributed by atoms with E-state index in [1.807, 2.05) is 43.3 Å². The van der Waals surface area contributed by atoms with Gasteiger partial charge in [-0.2, -0.15) is 0 Å². The van der Waals surface area contributed by atoms with E-state index in [-0.39, 0.29) is 5.70 Å². The third-order valence-corrected chi connectivity index (χ3v) is 5.17. The van der Waals surface area contributed by atoms with Crippen LogP contribution >= 0.6 is 11.6 Å². The van der Waals surface area contributed by atoms with Crippen LogP contribution in [0.15, 0.2) is 78.5 Å². The lowest BCUT2D eigenvalue weighted by Crippen LogP contribution is -2.32. The minimum Gasteiger partial charge on any atom is -0.497 e. The number of aryl methyl sites for hydroxylation is 1. The highest BCUT2D eigenvalue weighted by Gasteiger charge is 2.40. The molecule has 0 unspecified atom stereocenters. The SMILES string of the molecule is COc1ccc(N2C(=O)C(Nc3cc(Cl)ccc3C)=C(c3ccccc3)C2=O)cc1. The number of benzene rings is 3. The molecule has 0 fully saturated rings. The van der Waals surface area contributed by atoms with E-state index in [9.17, 15) is 9.59 Å². The second-order valence-electron chi connectivity index (χ2n) is 6.84. The molecule has 3 aromatic carbocycles. The quantitative estimate of drug-likeness (QED) is 0.589. The van der Waals surface area contributed by atoms with Gasteiger partial charge in [0.1, 0.15) is 11.4 Å². The minimum absolute atomic E-state index is 0.215. The van der Waals surface area contributed by atoms with Crippen molar-refractivity contribution >= 4 is 40.4 Å². The molecule has 30 heavy (non-hydrogen) atoms. The van der Waals surface area contributed by atoms with Gasteiger partial charge in [-0.05, 0) is 54.4 Å². The molecule has 0 saturated carbocycles. The van der Waals surface area contributed by atoms with E-state index in [4.69, 9.17) is 16.3 Å². The average Bonchev–Trinajstić information content (AvgIpc) is 3.01. The number of imide groups is 1. The highest BCUT2D eigenvalue weighted by molar-refractivity contribution is 6.46. The molecule has 6 heteroatoms. The third-order valence-electron chi connectivity index (χ3n) is 4.94. The Balaban J connectivity index is 1.81. The summed E-state index contributed by atoms with van der Waals surface area (Å²) < 4.78 is 5.18. The number of rotatable bonds is 5. The number of amides is 2. The van der Waals surface area contributed by atoms with Crippen LogP contribution in [0.4, 0.5) is 11.4 Å². The highest BCUT2D eigenvalue weighted by atomic mass is 35.5. The molecule has 5 nitrogen and oxygen atoms in total. The lowest BCUT2D eigenvalue weighted by molar-refractivity contribution is -0.120. The Morgan fingerprint density at radius 2 is 1.60 bits per heavy atom. The second-order valence-corrected chi connectivity index (χ2v) is 7.28. The van der Waals surface area contributed by atoms with Crippen molar-refractivity contribution in [3.63, 3.8) is 0 Å². The van der Waals surface area contributed by atoms with Crippen molar-refractivity contribution in [1.82, 2.24) is 0 Å². The van der Waals surface area contributed by atoms with Crippen LogP contribution in [0.2, 0.25) is 5.02 Å². The summed E-state index contributed by atoms with van der Waals surface area (Å²) in [6.07, 6.45) is 0. The molecule has 0 aliphatic carbocycles. The van der Waals surface area contributed by atoms with Crippen molar-refractivity contribution in [2.45, 2.75) is 6.92 Å². The first-order chi connectivity index (χ1) is 14.5. The fourth-order valence-electron chi connectivity index (χ4n) is 3.35. The molecule has 3 aromatic rings. The topological polar surface area (TPSA) is 58.6 Å². The van der Waals surface area contributed by atoms with Gasteiger partial charge in [-0.1, -0.05) is 48.0 Å². The Labute approximate surface area is 179 Å². The Hall–Kier alpha value is -3.57. The van der Waals surface area contributed by atoms with E-state index in [0.717, 1.165) is 5.56 Å². The number of carbonyl (C=O) groups is 2. The Morgan fingerprint density at radius 1 is 0.900 bits per heavy atom. The van der Waals surface area contributed by atoms with Crippen LogP contribution in [0, 0.1) is 6.92 Å². The van der Waals surface area contributed by atoms with Crippen LogP contribution in [0.25, 0.3) is 5.57 Å². The molecule has 0 saturated heterocycles. The van der Waals surface area contributed by atoms with Crippen molar-refractivity contribution < 1.29 is 14.3 Å². The fraction of sp³-hybridized carbons (Fsp3) is 0.0833. The summed E-state index contributed by atoms with van der Waals surface area (Å²) in [6.45, 7) is 1.91. The van der Waals surface area contributed by atoms with Crippen molar-refractivity contribution in [1.29, 1.82) is 0 Å². The number of halogens is 1. The maximum absolute atomic E-state index is 13.4. The van der Waals surface area contributed by atoms with E-state index >= 15 is 0 Å². The summed E-state index contributed by atoms with van der Waals surface area (Å²) in [4.78, 5) is 27.9. The average molecular weight is 419 g/mol. The number of hydrogen-bond acceptors (Lipinski definition) is 4. The third kappa shape index (κ3) is 3.55. The molecule has 1 aliphatic rings. The molecular weight excluding hydrogens is 400 g/mol. The van der Waals surface area contributed by atoms with E-state index < -0.39 is 11.8 Å². The molecule has 2 amide bonds. The summed E-state index contributed by atoms with van der Waals surface area (Å²) in [7, 11) is 1.56. The van der Waals surface area contributed by atoms with Gasteiger partial charge in [0.05, 0.1) is 18.4 Å². The van der Waals surface area contributed by atoms with Gasteiger partial charge >= 0.3 is 0 Å². The molecule has 150 valence electrons. The van der Waals surface area contributed by atoms with Gasteiger partial charge in [0, 0.05) is 10.7 Å². The molecule has 4 rings (SSSR count). The van der Waals surface area contributed by atoms with Crippen LogP contribution in [0.5, 0.6) is 5.75 Å². The number of anilines is 2. The summed E-state index contributed by atoms with van der Waals surface area (Å²) in [5.74, 6) is -0.177. The first-order valence-corrected chi connectivity index (χ1v) is 9.73. The van der Waals surface area contributed by atoms with Crippen LogP contribution in [-0.2, 0) is 9.59 Å². The number of nitrogens with one attached hydrogen (secondary N) is 1. The van der Waals surface area contributed by atoms with Gasteiger partial charge in [0.15, 0.2) is 0 Å². The lowest BCUT2D eigenvalue weighted by atomic mass is 10.0. The molecule has 0 radical (unpaired) electrons. The number of hydrogen-bond donors (Lipinski definition) is 1. The normalized spacial score (nSPS) is 13.8. The van der Waals surface area contributed by atoms with E-state index in [0.29, 0.717) is 33.3 Å². The summed E-state index contributed by atoms with van der Waals surface area (Å²) in [5.41, 5.74) is 3.24. The predicted molar refractivity (Wildman–Crippen MR) is 119 cm³/mol. The molecule has 1 heterocycles. The van der Waals surface area contributed by atoms with Gasteiger partial charge in [-0.25, -0.2) is 4.90 Å². The Kier molecular flexibility index (Phi) is 5.29. The molecule has 0 spiro atoms. The first kappa shape index (κ1) is 19.7. The number of ether oxygens (including phenoxy) is 1. The maximum atomic E-state index is 13.4. The van der Waals surface area contributed by atoms with Crippen LogP contribution < -0.4 is 15.0 Å². The monoisotopic (exact) mass is 418 g/mol. The molecule has 0 atom stereocenters. The van der Waals surface area contributed by atoms with Gasteiger partial charge < -0.3 is 10.1 Å². The number of nitrogens with zero attached hydrogens (tertiary/aromatic N) is 1. The molecule has 0 bridgehead atoms. The Bertz CT molecular complexity index is 1150. The van der Waals surface area contributed by atoms with Gasteiger partial charge in [0.25, 0.3) is 11.8 Å². The minimum atomic E-state index is -0.427. The summed E-state index contributed by atoms with van der Waals surface area (Å²) >= 11 is 6.14. The maximum Gasteiger partial charge on any atom is 0.282 e. The van der Waals surface area contributed by atoms with Crippen LogP contribution in [-0.4, -0.2) is 18.9 Å².